The molecule has 2 aromatic heterocycles. The van der Waals surface area contributed by atoms with E-state index in [1.807, 2.05) is 24.3 Å². The number of carbonyl (C=O) groups excluding carboxylic acids is 2. The summed E-state index contributed by atoms with van der Waals surface area (Å²) in [4.78, 5) is 27.7. The first-order valence-corrected chi connectivity index (χ1v) is 9.46. The van der Waals surface area contributed by atoms with Gasteiger partial charge in [-0.25, -0.2) is 18.7 Å². The third kappa shape index (κ3) is 14.7. The number of nitrogens with two attached hydrogens (primary N) is 2. The van der Waals surface area contributed by atoms with E-state index in [9.17, 15) is 28.6 Å². The van der Waals surface area contributed by atoms with Crippen LogP contribution in [0.2, 0.25) is 0 Å². The van der Waals surface area contributed by atoms with E-state index in [-0.39, 0.29) is 38.4 Å². The molecule has 0 radical (unpaired) electrons. The first kappa shape index (κ1) is 31.1. The van der Waals surface area contributed by atoms with Crippen LogP contribution in [0.1, 0.15) is 20.7 Å². The van der Waals surface area contributed by atoms with Crippen molar-refractivity contribution in [2.45, 2.75) is 0 Å². The summed E-state index contributed by atoms with van der Waals surface area (Å²) in [7, 11) is 0. The van der Waals surface area contributed by atoms with Gasteiger partial charge in [0.25, 0.3) is 0 Å². The number of halogens is 2. The monoisotopic (exact) mass is 580 g/mol. The first-order valence-electron chi connectivity index (χ1n) is 9.46. The van der Waals surface area contributed by atoms with E-state index in [1.54, 1.807) is 24.5 Å². The number of benzene rings is 2. The van der Waals surface area contributed by atoms with E-state index in [1.165, 1.54) is 0 Å². The number of pyridine rings is 2. The normalized spacial score (nSPS) is 8.74. The number of anilines is 2. The van der Waals surface area contributed by atoms with Crippen molar-refractivity contribution >= 4 is 23.6 Å². The molecule has 0 fully saturated rings. The van der Waals surface area contributed by atoms with Crippen molar-refractivity contribution in [3.8, 4) is 0 Å². The number of carboxylic acids is 2. The maximum Gasteiger partial charge on any atom is 2.00 e. The molecule has 0 bridgehead atoms. The molecule has 2 aromatic carbocycles. The molecule has 4 aromatic rings. The van der Waals surface area contributed by atoms with Crippen LogP contribution in [0.25, 0.3) is 0 Å². The van der Waals surface area contributed by atoms with Crippen LogP contribution >= 0.6 is 0 Å². The van der Waals surface area contributed by atoms with Gasteiger partial charge in [-0.15, -0.1) is 0 Å². The summed E-state index contributed by atoms with van der Waals surface area (Å²) in [6.07, 6.45) is 3.32. The Kier molecular flexibility index (Phi) is 15.6. The Bertz CT molecular complexity index is 1040. The topological polar surface area (TPSA) is 158 Å². The molecule has 176 valence electrons. The molecule has 0 spiro atoms. The number of hydrogen-bond donors (Lipinski definition) is 2. The number of nitrogens with zero attached hydrogens (tertiary/aromatic N) is 2. The molecule has 0 saturated carbocycles. The molecule has 4 rings (SSSR count). The van der Waals surface area contributed by atoms with Crippen molar-refractivity contribution in [3.05, 3.63) is 120 Å². The SMILES string of the molecule is Nc1ccccn1.Nc1ccccn1.O=C([O-])c1ccc(F)cc1.O=C([O-])c1ccc(F)cc1.[Cd+2]. The van der Waals surface area contributed by atoms with Gasteiger partial charge in [-0.2, -0.15) is 0 Å². The van der Waals surface area contributed by atoms with Gasteiger partial charge >= 0.3 is 27.3 Å². The molecule has 0 aliphatic heterocycles. The van der Waals surface area contributed by atoms with Crippen LogP contribution in [0.3, 0.4) is 0 Å². The maximum absolute atomic E-state index is 12.1. The van der Waals surface area contributed by atoms with Crippen LogP contribution in [-0.2, 0) is 27.3 Å². The number of rotatable bonds is 2. The second-order valence-electron chi connectivity index (χ2n) is 6.10. The van der Waals surface area contributed by atoms with Crippen LogP contribution in [0, 0.1) is 11.6 Å². The predicted octanol–water partition coefficient (Wildman–Crippen LogP) is 1.70. The molecular formula is C24H20CdF2N4O4. The Morgan fingerprint density at radius 2 is 0.914 bits per heavy atom. The molecule has 0 aliphatic carbocycles. The van der Waals surface area contributed by atoms with E-state index in [0.717, 1.165) is 48.5 Å². The summed E-state index contributed by atoms with van der Waals surface area (Å²) in [5.74, 6) is -2.35. The molecule has 0 saturated heterocycles. The van der Waals surface area contributed by atoms with Crippen molar-refractivity contribution < 1.29 is 55.9 Å². The molecule has 2 heterocycles. The number of aromatic carboxylic acids is 2. The summed E-state index contributed by atoms with van der Waals surface area (Å²) >= 11 is 0. The van der Waals surface area contributed by atoms with E-state index in [4.69, 9.17) is 11.5 Å². The van der Waals surface area contributed by atoms with Gasteiger partial charge in [0.1, 0.15) is 23.3 Å². The zero-order chi connectivity index (χ0) is 25.3. The van der Waals surface area contributed by atoms with Gasteiger partial charge in [-0.1, -0.05) is 36.4 Å². The van der Waals surface area contributed by atoms with Crippen LogP contribution in [0.4, 0.5) is 20.4 Å². The van der Waals surface area contributed by atoms with E-state index < -0.39 is 23.6 Å². The summed E-state index contributed by atoms with van der Waals surface area (Å²) in [5, 5.41) is 20.2. The second kappa shape index (κ2) is 17.5. The van der Waals surface area contributed by atoms with Crippen molar-refractivity contribution in [1.82, 2.24) is 9.97 Å². The third-order valence-electron chi connectivity index (χ3n) is 3.54. The minimum absolute atomic E-state index is 0. The zero-order valence-corrected chi connectivity index (χ0v) is 22.4. The van der Waals surface area contributed by atoms with E-state index >= 15 is 0 Å². The molecule has 11 heteroatoms. The van der Waals surface area contributed by atoms with Gasteiger partial charge in [0.2, 0.25) is 0 Å². The minimum atomic E-state index is -1.29. The number of nitrogen functional groups attached to an aromatic ring is 2. The fraction of sp³-hybridized carbons (Fsp3) is 0. The Balaban J connectivity index is 0.000000442. The zero-order valence-electron chi connectivity index (χ0n) is 18.4. The van der Waals surface area contributed by atoms with Gasteiger partial charge in [0.05, 0.1) is 11.9 Å². The molecule has 4 N–H and O–H groups in total. The average molecular weight is 579 g/mol. The maximum atomic E-state index is 12.1. The number of carbonyl (C=O) groups is 2. The van der Waals surface area contributed by atoms with Crippen molar-refractivity contribution in [1.29, 1.82) is 0 Å². The smallest absolute Gasteiger partial charge is 0.545 e. The second-order valence-corrected chi connectivity index (χ2v) is 6.10. The molecule has 0 amide bonds. The summed E-state index contributed by atoms with van der Waals surface area (Å²) in [6.45, 7) is 0. The largest absolute Gasteiger partial charge is 2.00 e. The fourth-order valence-corrected chi connectivity index (χ4v) is 1.92. The van der Waals surface area contributed by atoms with Crippen LogP contribution in [-0.4, -0.2) is 21.9 Å². The van der Waals surface area contributed by atoms with Crippen molar-refractivity contribution in [2.75, 3.05) is 11.5 Å². The van der Waals surface area contributed by atoms with Crippen LogP contribution in [0.5, 0.6) is 0 Å². The van der Waals surface area contributed by atoms with Gasteiger partial charge in [0.15, 0.2) is 0 Å². The van der Waals surface area contributed by atoms with Crippen molar-refractivity contribution in [3.63, 3.8) is 0 Å². The van der Waals surface area contributed by atoms with Gasteiger partial charge in [-0.05, 0) is 59.7 Å². The molecular weight excluding hydrogens is 559 g/mol. The van der Waals surface area contributed by atoms with Crippen molar-refractivity contribution in [2.24, 2.45) is 0 Å². The first-order chi connectivity index (χ1) is 16.2. The molecule has 0 unspecified atom stereocenters. The minimum Gasteiger partial charge on any atom is -0.545 e. The van der Waals surface area contributed by atoms with E-state index in [0.29, 0.717) is 11.6 Å². The Hall–Kier alpha value is -3.94. The quantitative estimate of drug-likeness (QED) is 0.340. The Labute approximate surface area is 220 Å². The predicted molar refractivity (Wildman–Crippen MR) is 119 cm³/mol. The number of carboxylic acid groups (broad SMARTS) is 2. The fourth-order valence-electron chi connectivity index (χ4n) is 1.92. The molecule has 0 aliphatic rings. The number of aromatic nitrogens is 2. The third-order valence-corrected chi connectivity index (χ3v) is 3.54. The Morgan fingerprint density at radius 3 is 1.09 bits per heavy atom. The summed E-state index contributed by atoms with van der Waals surface area (Å²) < 4.78 is 24.3. The molecule has 8 nitrogen and oxygen atoms in total. The van der Waals surface area contributed by atoms with Crippen LogP contribution in [0.15, 0.2) is 97.3 Å². The van der Waals surface area contributed by atoms with E-state index in [2.05, 4.69) is 9.97 Å². The number of hydrogen-bond acceptors (Lipinski definition) is 8. The molecule has 35 heavy (non-hydrogen) atoms. The average Bonchev–Trinajstić information content (AvgIpc) is 2.82. The van der Waals surface area contributed by atoms with Gasteiger partial charge < -0.3 is 31.3 Å². The van der Waals surface area contributed by atoms with Gasteiger partial charge in [0, 0.05) is 12.4 Å². The van der Waals surface area contributed by atoms with Crippen LogP contribution < -0.4 is 21.7 Å². The standard InChI is InChI=1S/2C7H5FO2.2C5H6N2.Cd/c2*8-6-3-1-5(2-4-6)7(9)10;2*6-5-3-1-2-4-7-5;/h2*1-4H,(H,9,10);2*1-4H,(H2,6,7);/q;;;;+2/p-2. The Morgan fingerprint density at radius 1 is 0.600 bits per heavy atom. The van der Waals surface area contributed by atoms with Gasteiger partial charge in [-0.3, -0.25) is 0 Å². The summed E-state index contributed by atoms with van der Waals surface area (Å²) in [6, 6.07) is 19.8. The molecule has 0 atom stereocenters. The summed E-state index contributed by atoms with van der Waals surface area (Å²) in [5.41, 5.74) is 10.5.